The SMILES string of the molecule is C1=C2C(c3ccccc31)c1ccccc1N2c1ccc2c(c1)c1ccccc1n2-c1cccc(-n2c3ccccc3c3ccccc32)c1.C1=C2C(c3ccccc31)c1ccccc1N2c1ccc2cc3n(-c4cccc(-n5c6ccccc6n6c7ccccc7cc56)c4)c4ccccc4n3c2c1.c1cc(-n2c3ccccc3n3c4ccccc4cc23)cc(-n2c3ccccc3n3c4ccccc4cc23)c1. The number of fused-ring (bicyclic) bond motifs is 36. The van der Waals surface area contributed by atoms with Gasteiger partial charge >= 0.3 is 0 Å². The zero-order valence-corrected chi connectivity index (χ0v) is 75.7. The Labute approximate surface area is 802 Å². The number of imidazole rings is 4. The van der Waals surface area contributed by atoms with E-state index in [-0.39, 0.29) is 11.8 Å². The van der Waals surface area contributed by atoms with E-state index >= 15 is 0 Å². The van der Waals surface area contributed by atoms with Gasteiger partial charge in [-0.05, 0) is 252 Å². The third-order valence-electron chi connectivity index (χ3n) is 30.3. The zero-order valence-electron chi connectivity index (χ0n) is 75.7. The molecule has 12 nitrogen and oxygen atoms in total. The maximum absolute atomic E-state index is 2.48. The Bertz CT molecular complexity index is 10200. The first kappa shape index (κ1) is 76.6. The topological polar surface area (TPSA) is 53.7 Å². The van der Waals surface area contributed by atoms with Crippen molar-refractivity contribution in [2.45, 2.75) is 11.8 Å². The summed E-state index contributed by atoms with van der Waals surface area (Å²) < 4.78 is 24.0. The maximum Gasteiger partial charge on any atom is 0.123 e. The Kier molecular flexibility index (Phi) is 16.1. The van der Waals surface area contributed by atoms with Crippen molar-refractivity contribution in [1.82, 2.24) is 45.0 Å². The molecule has 19 aromatic carbocycles. The minimum absolute atomic E-state index is 0.249. The summed E-state index contributed by atoms with van der Waals surface area (Å²) in [6.07, 6.45) is 4.77. The van der Waals surface area contributed by atoms with Crippen molar-refractivity contribution in [2.75, 3.05) is 9.80 Å². The van der Waals surface area contributed by atoms with Crippen molar-refractivity contribution in [3.05, 3.63) is 518 Å². The number of para-hydroxylation sites is 16. The molecule has 33 rings (SSSR count). The Hall–Kier alpha value is -18.8. The molecule has 0 bridgehead atoms. The fraction of sp³-hybridized carbons (Fsp3) is 0.0156. The van der Waals surface area contributed by atoms with Gasteiger partial charge in [-0.2, -0.15) is 0 Å². The van der Waals surface area contributed by atoms with Crippen molar-refractivity contribution in [2.24, 2.45) is 0 Å². The van der Waals surface area contributed by atoms with Gasteiger partial charge in [0.25, 0.3) is 0 Å². The summed E-state index contributed by atoms with van der Waals surface area (Å²) in [4.78, 5) is 4.96. The van der Waals surface area contributed by atoms with Crippen molar-refractivity contribution < 1.29 is 0 Å². The smallest absolute Gasteiger partial charge is 0.123 e. The van der Waals surface area contributed by atoms with Crippen LogP contribution in [0.4, 0.5) is 22.7 Å². The molecule has 12 heteroatoms. The molecule has 0 saturated heterocycles. The molecule has 654 valence electrons. The van der Waals surface area contributed by atoms with Crippen LogP contribution in [0.2, 0.25) is 0 Å². The lowest BCUT2D eigenvalue weighted by molar-refractivity contribution is 1.01. The second kappa shape index (κ2) is 29.4. The van der Waals surface area contributed by atoms with Crippen LogP contribution in [0.25, 0.3) is 200 Å². The van der Waals surface area contributed by atoms with E-state index in [0.717, 1.165) is 45.4 Å². The first-order valence-electron chi connectivity index (χ1n) is 48.3. The number of nitrogens with zero attached hydrogens (tertiary/aromatic N) is 12. The summed E-state index contributed by atoms with van der Waals surface area (Å²) >= 11 is 0. The molecule has 2 aliphatic carbocycles. The Morgan fingerprint density at radius 1 is 0.150 bits per heavy atom. The highest BCUT2D eigenvalue weighted by atomic mass is 15.2. The van der Waals surface area contributed by atoms with Crippen LogP contribution in [0, 0.1) is 0 Å². The first-order valence-corrected chi connectivity index (χ1v) is 48.3. The van der Waals surface area contributed by atoms with Crippen LogP contribution >= 0.6 is 0 Å². The summed E-state index contributed by atoms with van der Waals surface area (Å²) in [6.45, 7) is 0. The fourth-order valence-corrected chi connectivity index (χ4v) is 24.6. The van der Waals surface area contributed by atoms with Gasteiger partial charge in [-0.1, -0.05) is 267 Å². The molecule has 29 aromatic rings. The largest absolute Gasteiger partial charge is 0.313 e. The normalized spacial score (nSPS) is 14.2. The molecule has 12 heterocycles. The third-order valence-corrected chi connectivity index (χ3v) is 30.3. The van der Waals surface area contributed by atoms with Crippen molar-refractivity contribution >= 4 is 189 Å². The lowest BCUT2D eigenvalue weighted by Crippen LogP contribution is -2.11. The minimum atomic E-state index is 0.249. The van der Waals surface area contributed by atoms with Gasteiger partial charge in [-0.3, -0.25) is 35.9 Å². The monoisotopic (exact) mass is 1790 g/mol. The van der Waals surface area contributed by atoms with Gasteiger partial charge in [0.05, 0.1) is 111 Å². The Morgan fingerprint density at radius 2 is 0.421 bits per heavy atom. The van der Waals surface area contributed by atoms with E-state index in [1.54, 1.807) is 0 Å². The molecule has 0 N–H and O–H groups in total. The maximum atomic E-state index is 2.48. The van der Waals surface area contributed by atoms with E-state index < -0.39 is 0 Å². The second-order valence-corrected chi connectivity index (χ2v) is 37.6. The average Bonchev–Trinajstić information content (AvgIpc) is 1.55. The molecule has 0 saturated carbocycles. The van der Waals surface area contributed by atoms with Crippen LogP contribution in [0.3, 0.4) is 0 Å². The van der Waals surface area contributed by atoms with Crippen molar-refractivity contribution in [1.29, 1.82) is 0 Å². The van der Waals surface area contributed by atoms with Gasteiger partial charge in [0, 0.05) is 100.0 Å². The molecular weight excluding hydrogens is 1710 g/mol. The van der Waals surface area contributed by atoms with E-state index in [9.17, 15) is 0 Å². The quantitative estimate of drug-likeness (QED) is 0.152. The molecule has 4 aliphatic rings. The second-order valence-electron chi connectivity index (χ2n) is 37.6. The first-order chi connectivity index (χ1) is 69.5. The molecule has 0 spiro atoms. The zero-order chi connectivity index (χ0) is 91.2. The summed E-state index contributed by atoms with van der Waals surface area (Å²) in [6, 6.07) is 173. The van der Waals surface area contributed by atoms with Gasteiger partial charge in [0.1, 0.15) is 22.6 Å². The van der Waals surface area contributed by atoms with Gasteiger partial charge in [0.15, 0.2) is 0 Å². The summed E-state index contributed by atoms with van der Waals surface area (Å²) in [5.74, 6) is 0.511. The number of aromatic nitrogens is 10. The summed E-state index contributed by atoms with van der Waals surface area (Å²) in [5, 5.41) is 10.00. The number of rotatable bonds is 8. The summed E-state index contributed by atoms with van der Waals surface area (Å²) in [7, 11) is 0. The molecule has 2 atom stereocenters. The lowest BCUT2D eigenvalue weighted by Gasteiger charge is -2.22. The molecule has 2 aliphatic heterocycles. The number of allylic oxidation sites excluding steroid dienone is 2. The van der Waals surface area contributed by atoms with E-state index in [4.69, 9.17) is 0 Å². The van der Waals surface area contributed by atoms with Crippen molar-refractivity contribution in [3.8, 4) is 34.1 Å². The van der Waals surface area contributed by atoms with E-state index in [1.165, 1.54) is 210 Å². The van der Waals surface area contributed by atoms with E-state index in [0.29, 0.717) is 0 Å². The van der Waals surface area contributed by atoms with Gasteiger partial charge in [0.2, 0.25) is 0 Å². The van der Waals surface area contributed by atoms with Gasteiger partial charge in [-0.15, -0.1) is 0 Å². The van der Waals surface area contributed by atoms with Crippen LogP contribution < -0.4 is 9.80 Å². The van der Waals surface area contributed by atoms with Crippen LogP contribution in [0.15, 0.2) is 485 Å². The number of benzene rings is 19. The highest BCUT2D eigenvalue weighted by Crippen LogP contribution is 2.58. The van der Waals surface area contributed by atoms with Crippen LogP contribution in [0.1, 0.15) is 45.2 Å². The predicted molar refractivity (Wildman–Crippen MR) is 579 cm³/mol. The number of hydrogen-bond acceptors (Lipinski definition) is 2. The molecule has 140 heavy (non-hydrogen) atoms. The number of anilines is 4. The van der Waals surface area contributed by atoms with E-state index in [1.807, 2.05) is 0 Å². The standard InChI is InChI=1S/C49H31N5.C45H29N3.C34H22N4/c1-3-16-37-31(12-1)26-46-49(37)38-17-4-6-19-40(38)50(46)36-25-24-33-28-48-52(42-21-8-10-23-44(42)54(48)45(33)30-36)35-15-11-14-34(29-35)51-41-20-7-9-22-43(41)53-39-18-5-2-13-32(39)27-47(51)53;1-2-15-33-29(12-1)26-44-45(33)37-19-6-10-23-42(37)48(44)32-24-25-43-38(28-32)36-18-5-9-22-41(36)47(43)31-14-11-13-30(27-31)46-39-20-7-3-16-34(39)35-17-4-8-21-40(35)46;1-3-14-27-23(10-1)20-33-35(29-16-5-7-18-31(29)37(27)33)25-12-9-13-26(22-25)36-30-17-6-8-19-32(30)38-28-15-4-2-11-24(28)21-34(36)38/h1-30,49H;1-28,45H;1-22H. The van der Waals surface area contributed by atoms with Crippen LogP contribution in [0.5, 0.6) is 0 Å². The number of hydrogen-bond donors (Lipinski definition) is 0. The Morgan fingerprint density at radius 3 is 0.807 bits per heavy atom. The predicted octanol–water partition coefficient (Wildman–Crippen LogP) is 31.9. The molecule has 10 aromatic heterocycles. The van der Waals surface area contributed by atoms with Gasteiger partial charge < -0.3 is 18.9 Å². The highest BCUT2D eigenvalue weighted by Gasteiger charge is 2.42. The van der Waals surface area contributed by atoms with Crippen LogP contribution in [-0.2, 0) is 0 Å². The molecular formula is C128H82N12. The average molecular weight is 1790 g/mol. The Balaban J connectivity index is 0.0000000982. The molecule has 0 amide bonds. The lowest BCUT2D eigenvalue weighted by atomic mass is 9.93. The van der Waals surface area contributed by atoms with Crippen molar-refractivity contribution in [3.63, 3.8) is 0 Å². The van der Waals surface area contributed by atoms with Gasteiger partial charge in [-0.25, -0.2) is 0 Å². The summed E-state index contributed by atoms with van der Waals surface area (Å²) in [5.41, 5.74) is 46.4. The minimum Gasteiger partial charge on any atom is -0.313 e. The van der Waals surface area contributed by atoms with Crippen LogP contribution in [-0.4, -0.2) is 45.0 Å². The fourth-order valence-electron chi connectivity index (χ4n) is 24.6. The molecule has 0 radical (unpaired) electrons. The molecule has 2 unspecified atom stereocenters. The molecule has 0 fully saturated rings. The highest BCUT2D eigenvalue weighted by molar-refractivity contribution is 6.13. The third kappa shape index (κ3) is 10.9. The van der Waals surface area contributed by atoms with E-state index in [2.05, 4.69) is 540 Å².